The van der Waals surface area contributed by atoms with Crippen molar-refractivity contribution in [3.05, 3.63) is 28.2 Å². The van der Waals surface area contributed by atoms with E-state index in [9.17, 15) is 9.90 Å². The van der Waals surface area contributed by atoms with Gasteiger partial charge in [0, 0.05) is 16.7 Å². The molecule has 0 saturated carbocycles. The monoisotopic (exact) mass is 321 g/mol. The Balaban J connectivity index is 2.73. The maximum Gasteiger partial charge on any atom is 0.337 e. The smallest absolute Gasteiger partial charge is 0.337 e. The normalized spacial score (nSPS) is 12.0. The van der Waals surface area contributed by atoms with Crippen molar-refractivity contribution in [1.82, 2.24) is 0 Å². The van der Waals surface area contributed by atoms with E-state index in [-0.39, 0.29) is 5.88 Å². The second-order valence-electron chi connectivity index (χ2n) is 3.38. The van der Waals surface area contributed by atoms with Crippen LogP contribution in [-0.4, -0.2) is 36.7 Å². The van der Waals surface area contributed by atoms with E-state index in [1.807, 2.05) is 0 Å². The van der Waals surface area contributed by atoms with E-state index in [4.69, 9.17) is 11.6 Å². The molecule has 1 atom stereocenters. The molecule has 0 saturated heterocycles. The number of methoxy groups -OCH3 is 1. The molecule has 1 unspecified atom stereocenters. The van der Waals surface area contributed by atoms with Crippen molar-refractivity contribution in [2.45, 2.75) is 6.10 Å². The second kappa shape index (κ2) is 6.83. The number of hydrogen-bond donors (Lipinski definition) is 2. The summed E-state index contributed by atoms with van der Waals surface area (Å²) in [4.78, 5) is 11.3. The van der Waals surface area contributed by atoms with Crippen molar-refractivity contribution in [2.24, 2.45) is 0 Å². The summed E-state index contributed by atoms with van der Waals surface area (Å²) in [5.74, 6) is -0.219. The fourth-order valence-electron chi connectivity index (χ4n) is 1.19. The highest BCUT2D eigenvalue weighted by Gasteiger charge is 2.09. The first-order valence-corrected chi connectivity index (χ1v) is 6.27. The van der Waals surface area contributed by atoms with Crippen LogP contribution in [0.3, 0.4) is 0 Å². The molecule has 0 spiro atoms. The van der Waals surface area contributed by atoms with E-state index < -0.39 is 12.1 Å². The third-order valence-corrected chi connectivity index (χ3v) is 3.11. The minimum absolute atomic E-state index is 0.171. The van der Waals surface area contributed by atoms with Crippen LogP contribution in [0.2, 0.25) is 0 Å². The topological polar surface area (TPSA) is 58.6 Å². The van der Waals surface area contributed by atoms with Gasteiger partial charge in [0.2, 0.25) is 0 Å². The highest BCUT2D eigenvalue weighted by Crippen LogP contribution is 2.24. The number of ether oxygens (including phenoxy) is 1. The number of carbonyl (C=O) groups excluding carboxylic acids is 1. The predicted molar refractivity (Wildman–Crippen MR) is 70.7 cm³/mol. The molecule has 1 aromatic rings. The van der Waals surface area contributed by atoms with E-state index in [0.29, 0.717) is 12.1 Å². The molecule has 1 aromatic carbocycles. The number of anilines is 1. The van der Waals surface area contributed by atoms with Crippen molar-refractivity contribution < 1.29 is 14.6 Å². The van der Waals surface area contributed by atoms with E-state index in [1.165, 1.54) is 7.11 Å². The number of benzene rings is 1. The largest absolute Gasteiger partial charge is 0.465 e. The number of nitrogens with one attached hydrogen (secondary N) is 1. The maximum absolute atomic E-state index is 11.3. The molecule has 94 valence electrons. The molecule has 0 aromatic heterocycles. The number of halogens is 2. The summed E-state index contributed by atoms with van der Waals surface area (Å²) < 4.78 is 5.33. The highest BCUT2D eigenvalue weighted by atomic mass is 79.9. The minimum Gasteiger partial charge on any atom is -0.465 e. The zero-order valence-electron chi connectivity index (χ0n) is 9.24. The van der Waals surface area contributed by atoms with Crippen molar-refractivity contribution in [3.63, 3.8) is 0 Å². The molecule has 0 radical (unpaired) electrons. The molecular formula is C11H13BrClNO3. The Kier molecular flexibility index (Phi) is 5.74. The zero-order valence-corrected chi connectivity index (χ0v) is 11.6. The lowest BCUT2D eigenvalue weighted by Gasteiger charge is -2.12. The summed E-state index contributed by atoms with van der Waals surface area (Å²) in [6.07, 6.45) is -0.608. The molecule has 4 nitrogen and oxygen atoms in total. The summed E-state index contributed by atoms with van der Waals surface area (Å²) in [5.41, 5.74) is 1.24. The second-order valence-corrected chi connectivity index (χ2v) is 4.54. The van der Waals surface area contributed by atoms with Crippen LogP contribution >= 0.6 is 27.5 Å². The van der Waals surface area contributed by atoms with Gasteiger partial charge in [-0.3, -0.25) is 0 Å². The molecule has 17 heavy (non-hydrogen) atoms. The SMILES string of the molecule is COC(=O)c1ccc(NCC(O)CCl)c(Br)c1. The average Bonchev–Trinajstić information content (AvgIpc) is 2.35. The summed E-state index contributed by atoms with van der Waals surface area (Å²) in [6.45, 7) is 0.347. The summed E-state index contributed by atoms with van der Waals surface area (Å²) in [6, 6.07) is 5.03. The van der Waals surface area contributed by atoms with Crippen LogP contribution in [0, 0.1) is 0 Å². The third kappa shape index (κ3) is 4.18. The summed E-state index contributed by atoms with van der Waals surface area (Å²) in [5, 5.41) is 12.3. The van der Waals surface area contributed by atoms with E-state index in [2.05, 4.69) is 26.0 Å². The van der Waals surface area contributed by atoms with Gasteiger partial charge >= 0.3 is 5.97 Å². The van der Waals surface area contributed by atoms with Gasteiger partial charge in [-0.15, -0.1) is 11.6 Å². The molecule has 0 aliphatic heterocycles. The van der Waals surface area contributed by atoms with Gasteiger partial charge in [-0.25, -0.2) is 4.79 Å². The van der Waals surface area contributed by atoms with Crippen LogP contribution in [0.1, 0.15) is 10.4 Å². The Morgan fingerprint density at radius 1 is 1.65 bits per heavy atom. The molecule has 6 heteroatoms. The first kappa shape index (κ1) is 14.3. The van der Waals surface area contributed by atoms with Gasteiger partial charge in [0.15, 0.2) is 0 Å². The molecule has 0 amide bonds. The molecule has 2 N–H and O–H groups in total. The van der Waals surface area contributed by atoms with Crippen molar-refractivity contribution in [1.29, 1.82) is 0 Å². The molecule has 0 bridgehead atoms. The summed E-state index contributed by atoms with van der Waals surface area (Å²) >= 11 is 8.81. The third-order valence-electron chi connectivity index (χ3n) is 2.10. The number of carbonyl (C=O) groups is 1. The van der Waals surface area contributed by atoms with Gasteiger partial charge in [-0.1, -0.05) is 0 Å². The minimum atomic E-state index is -0.608. The predicted octanol–water partition coefficient (Wildman–Crippen LogP) is 2.25. The zero-order chi connectivity index (χ0) is 12.8. The Bertz CT molecular complexity index is 400. The van der Waals surface area contributed by atoms with Gasteiger partial charge in [0.25, 0.3) is 0 Å². The van der Waals surface area contributed by atoms with Crippen molar-refractivity contribution >= 4 is 39.2 Å². The maximum atomic E-state index is 11.3. The lowest BCUT2D eigenvalue weighted by Crippen LogP contribution is -2.20. The van der Waals surface area contributed by atoms with Crippen LogP contribution in [0.4, 0.5) is 5.69 Å². The van der Waals surface area contributed by atoms with Crippen LogP contribution in [0.25, 0.3) is 0 Å². The number of rotatable bonds is 5. The van der Waals surface area contributed by atoms with Crippen LogP contribution in [0.5, 0.6) is 0 Å². The molecule has 0 heterocycles. The molecule has 0 aliphatic rings. The Hall–Kier alpha value is -0.780. The number of aliphatic hydroxyl groups is 1. The number of esters is 1. The van der Waals surface area contributed by atoms with Crippen molar-refractivity contribution in [2.75, 3.05) is 24.9 Å². The quantitative estimate of drug-likeness (QED) is 0.645. The Morgan fingerprint density at radius 3 is 2.88 bits per heavy atom. The number of hydrogen-bond acceptors (Lipinski definition) is 4. The average molecular weight is 323 g/mol. The number of aliphatic hydroxyl groups excluding tert-OH is 1. The summed E-state index contributed by atoms with van der Waals surface area (Å²) in [7, 11) is 1.33. The molecular weight excluding hydrogens is 309 g/mol. The molecule has 0 aliphatic carbocycles. The van der Waals surface area contributed by atoms with Gasteiger partial charge in [0.1, 0.15) is 0 Å². The lowest BCUT2D eigenvalue weighted by molar-refractivity contribution is 0.0600. The number of alkyl halides is 1. The Labute approximate surface area is 113 Å². The van der Waals surface area contributed by atoms with E-state index in [1.54, 1.807) is 18.2 Å². The molecule has 1 rings (SSSR count). The van der Waals surface area contributed by atoms with Crippen LogP contribution in [0.15, 0.2) is 22.7 Å². The first-order chi connectivity index (χ1) is 8.08. The van der Waals surface area contributed by atoms with Gasteiger partial charge in [-0.05, 0) is 34.1 Å². The lowest BCUT2D eigenvalue weighted by atomic mass is 10.2. The van der Waals surface area contributed by atoms with Crippen LogP contribution < -0.4 is 5.32 Å². The first-order valence-electron chi connectivity index (χ1n) is 4.94. The highest BCUT2D eigenvalue weighted by molar-refractivity contribution is 9.10. The van der Waals surface area contributed by atoms with Gasteiger partial charge < -0.3 is 15.2 Å². The Morgan fingerprint density at radius 2 is 2.35 bits per heavy atom. The fraction of sp³-hybridized carbons (Fsp3) is 0.364. The van der Waals surface area contributed by atoms with Crippen molar-refractivity contribution in [3.8, 4) is 0 Å². The van der Waals surface area contributed by atoms with Crippen LogP contribution in [-0.2, 0) is 4.74 Å². The fourth-order valence-corrected chi connectivity index (χ4v) is 1.81. The standard InChI is InChI=1S/C11H13BrClNO3/c1-17-11(16)7-2-3-10(9(12)4-7)14-6-8(15)5-13/h2-4,8,14-15H,5-6H2,1H3. The van der Waals surface area contributed by atoms with Gasteiger partial charge in [0.05, 0.1) is 24.7 Å². The van der Waals surface area contributed by atoms with Gasteiger partial charge in [-0.2, -0.15) is 0 Å². The molecule has 0 fully saturated rings. The van der Waals surface area contributed by atoms with E-state index in [0.717, 1.165) is 10.2 Å². The van der Waals surface area contributed by atoms with E-state index >= 15 is 0 Å².